The molecule has 0 aliphatic carbocycles. The zero-order valence-electron chi connectivity index (χ0n) is 13.6. The van der Waals surface area contributed by atoms with Gasteiger partial charge in [-0.2, -0.15) is 0 Å². The molecule has 2 heterocycles. The van der Waals surface area contributed by atoms with Gasteiger partial charge in [0.2, 0.25) is 0 Å². The minimum absolute atomic E-state index is 0.0901. The summed E-state index contributed by atoms with van der Waals surface area (Å²) in [4.78, 5) is 18.5. The lowest BCUT2D eigenvalue weighted by Crippen LogP contribution is -2.53. The van der Waals surface area contributed by atoms with Crippen molar-refractivity contribution in [1.29, 1.82) is 0 Å². The summed E-state index contributed by atoms with van der Waals surface area (Å²) in [5.41, 5.74) is 9.28. The highest BCUT2D eigenvalue weighted by Crippen LogP contribution is 2.29. The lowest BCUT2D eigenvalue weighted by atomic mass is 10.2. The number of carbonyl (C=O) groups is 1. The van der Waals surface area contributed by atoms with Crippen LogP contribution in [0, 0.1) is 0 Å². The largest absolute Gasteiger partial charge is 0.484 e. The summed E-state index contributed by atoms with van der Waals surface area (Å²) in [6.45, 7) is 1.29. The number of hydrogen-bond acceptors (Lipinski definition) is 7. The van der Waals surface area contributed by atoms with E-state index in [2.05, 4.69) is 4.98 Å². The standard InChI is InChI=1S/C17H20N4O4/c18-14-11-24-9-8-21(14)17(22)15-16(13(20-23)6-7-19-15)25-10-12-4-2-1-3-5-12/h1-7,14,23H,8-11,18H2,(H,19,20). The van der Waals surface area contributed by atoms with Crippen molar-refractivity contribution in [2.45, 2.75) is 12.8 Å². The predicted molar refractivity (Wildman–Crippen MR) is 90.3 cm³/mol. The Bertz CT molecular complexity index is 726. The first kappa shape index (κ1) is 17.2. The van der Waals surface area contributed by atoms with Crippen LogP contribution in [0.5, 0.6) is 5.75 Å². The number of aromatic nitrogens is 1. The quantitative estimate of drug-likeness (QED) is 0.700. The maximum absolute atomic E-state index is 12.8. The molecule has 1 saturated heterocycles. The molecule has 1 aliphatic heterocycles. The molecule has 1 unspecified atom stereocenters. The van der Waals surface area contributed by atoms with Crippen LogP contribution in [0.1, 0.15) is 16.1 Å². The van der Waals surface area contributed by atoms with E-state index < -0.39 is 6.17 Å². The molecule has 1 aliphatic rings. The van der Waals surface area contributed by atoms with Crippen molar-refractivity contribution in [1.82, 2.24) is 9.88 Å². The van der Waals surface area contributed by atoms with Crippen LogP contribution in [0.4, 0.5) is 5.69 Å². The first-order valence-electron chi connectivity index (χ1n) is 7.91. The number of nitrogens with zero attached hydrogens (tertiary/aromatic N) is 2. The van der Waals surface area contributed by atoms with E-state index in [1.54, 1.807) is 0 Å². The summed E-state index contributed by atoms with van der Waals surface area (Å²) in [6.07, 6.45) is 0.878. The third-order valence-electron chi connectivity index (χ3n) is 3.88. The molecule has 8 heteroatoms. The molecule has 0 radical (unpaired) electrons. The Hall–Kier alpha value is -2.68. The number of anilines is 1. The maximum atomic E-state index is 12.8. The van der Waals surface area contributed by atoms with Gasteiger partial charge in [0.15, 0.2) is 11.4 Å². The second kappa shape index (κ2) is 7.93. The van der Waals surface area contributed by atoms with Crippen molar-refractivity contribution in [3.8, 4) is 5.75 Å². The minimum Gasteiger partial charge on any atom is -0.484 e. The minimum atomic E-state index is -0.546. The van der Waals surface area contributed by atoms with Crippen LogP contribution in [-0.4, -0.2) is 46.9 Å². The molecule has 1 amide bonds. The number of benzene rings is 1. The van der Waals surface area contributed by atoms with E-state index in [-0.39, 0.29) is 36.3 Å². The van der Waals surface area contributed by atoms with E-state index in [9.17, 15) is 10.0 Å². The normalized spacial score (nSPS) is 17.2. The van der Waals surface area contributed by atoms with E-state index >= 15 is 0 Å². The Kier molecular flexibility index (Phi) is 5.44. The number of ether oxygens (including phenoxy) is 2. The molecule has 1 aromatic heterocycles. The molecule has 132 valence electrons. The number of hydrogen-bond donors (Lipinski definition) is 3. The average Bonchev–Trinajstić information content (AvgIpc) is 2.66. The van der Waals surface area contributed by atoms with Gasteiger partial charge in [-0.3, -0.25) is 15.5 Å². The molecule has 8 nitrogen and oxygen atoms in total. The number of rotatable bonds is 5. The number of nitrogens with one attached hydrogen (secondary N) is 1. The predicted octanol–water partition coefficient (Wildman–Crippen LogP) is 1.22. The molecule has 2 aromatic rings. The third kappa shape index (κ3) is 3.87. The van der Waals surface area contributed by atoms with Gasteiger partial charge < -0.3 is 20.1 Å². The van der Waals surface area contributed by atoms with Gasteiger partial charge in [0.05, 0.1) is 13.2 Å². The number of nitrogens with two attached hydrogens (primary N) is 1. The molecule has 4 N–H and O–H groups in total. The van der Waals surface area contributed by atoms with Crippen LogP contribution < -0.4 is 16.0 Å². The second-order valence-corrected chi connectivity index (χ2v) is 5.56. The molecular formula is C17H20N4O4. The van der Waals surface area contributed by atoms with Gasteiger partial charge in [0.25, 0.3) is 5.91 Å². The van der Waals surface area contributed by atoms with Crippen LogP contribution in [0.15, 0.2) is 42.6 Å². The smallest absolute Gasteiger partial charge is 0.277 e. The van der Waals surface area contributed by atoms with Crippen LogP contribution in [-0.2, 0) is 11.3 Å². The molecule has 1 atom stereocenters. The maximum Gasteiger partial charge on any atom is 0.277 e. The number of pyridine rings is 1. The van der Waals surface area contributed by atoms with E-state index in [0.717, 1.165) is 5.56 Å². The Morgan fingerprint density at radius 3 is 2.92 bits per heavy atom. The van der Waals surface area contributed by atoms with Gasteiger partial charge in [-0.15, -0.1) is 0 Å². The number of morpholine rings is 1. The first-order chi connectivity index (χ1) is 12.2. The summed E-state index contributed by atoms with van der Waals surface area (Å²) in [5.74, 6) is -0.187. The first-order valence-corrected chi connectivity index (χ1v) is 7.91. The Morgan fingerprint density at radius 2 is 2.20 bits per heavy atom. The molecule has 1 fully saturated rings. The summed E-state index contributed by atoms with van der Waals surface area (Å²) in [5, 5.41) is 9.36. The molecule has 25 heavy (non-hydrogen) atoms. The number of amides is 1. The Morgan fingerprint density at radius 1 is 1.40 bits per heavy atom. The molecule has 3 rings (SSSR count). The van der Waals surface area contributed by atoms with Gasteiger partial charge in [0, 0.05) is 12.7 Å². The number of carbonyl (C=O) groups excluding carboxylic acids is 1. The van der Waals surface area contributed by atoms with Crippen molar-refractivity contribution in [3.05, 3.63) is 53.9 Å². The third-order valence-corrected chi connectivity index (χ3v) is 3.88. The Labute approximate surface area is 145 Å². The highest BCUT2D eigenvalue weighted by Gasteiger charge is 2.29. The fraction of sp³-hybridized carbons (Fsp3) is 0.294. The van der Waals surface area contributed by atoms with Crippen LogP contribution in [0.3, 0.4) is 0 Å². The van der Waals surface area contributed by atoms with Gasteiger partial charge in [-0.05, 0) is 11.6 Å². The highest BCUT2D eigenvalue weighted by atomic mass is 16.5. The molecule has 1 aromatic carbocycles. The van der Waals surface area contributed by atoms with Crippen LogP contribution in [0.25, 0.3) is 0 Å². The molecule has 0 spiro atoms. The summed E-state index contributed by atoms with van der Waals surface area (Å²) in [7, 11) is 0. The summed E-state index contributed by atoms with van der Waals surface area (Å²) < 4.78 is 11.0. The van der Waals surface area contributed by atoms with E-state index in [4.69, 9.17) is 15.2 Å². The van der Waals surface area contributed by atoms with Crippen LogP contribution >= 0.6 is 0 Å². The van der Waals surface area contributed by atoms with E-state index in [1.807, 2.05) is 35.8 Å². The van der Waals surface area contributed by atoms with Gasteiger partial charge in [0.1, 0.15) is 18.5 Å². The summed E-state index contributed by atoms with van der Waals surface area (Å²) >= 11 is 0. The lowest BCUT2D eigenvalue weighted by Gasteiger charge is -2.33. The topological polar surface area (TPSA) is 110 Å². The average molecular weight is 344 g/mol. The van der Waals surface area contributed by atoms with Crippen molar-refractivity contribution in [3.63, 3.8) is 0 Å². The van der Waals surface area contributed by atoms with Gasteiger partial charge >= 0.3 is 0 Å². The van der Waals surface area contributed by atoms with Crippen molar-refractivity contribution in [2.24, 2.45) is 5.73 Å². The monoisotopic (exact) mass is 344 g/mol. The SMILES string of the molecule is NC1COCCN1C(=O)c1nccc(NO)c1OCc1ccccc1. The molecule has 0 saturated carbocycles. The van der Waals surface area contributed by atoms with Gasteiger partial charge in [-0.25, -0.2) is 4.98 Å². The summed E-state index contributed by atoms with van der Waals surface area (Å²) in [6, 6.07) is 11.0. The fourth-order valence-electron chi connectivity index (χ4n) is 2.58. The van der Waals surface area contributed by atoms with Crippen LogP contribution in [0.2, 0.25) is 0 Å². The second-order valence-electron chi connectivity index (χ2n) is 5.56. The van der Waals surface area contributed by atoms with Crippen molar-refractivity contribution >= 4 is 11.6 Å². The van der Waals surface area contributed by atoms with E-state index in [1.165, 1.54) is 17.2 Å². The lowest BCUT2D eigenvalue weighted by molar-refractivity contribution is -0.000444. The zero-order valence-corrected chi connectivity index (χ0v) is 13.6. The zero-order chi connectivity index (χ0) is 17.6. The van der Waals surface area contributed by atoms with Crippen molar-refractivity contribution in [2.75, 3.05) is 25.2 Å². The van der Waals surface area contributed by atoms with E-state index in [0.29, 0.717) is 13.2 Å². The fourth-order valence-corrected chi connectivity index (χ4v) is 2.58. The van der Waals surface area contributed by atoms with Crippen molar-refractivity contribution < 1.29 is 19.5 Å². The van der Waals surface area contributed by atoms with Gasteiger partial charge in [-0.1, -0.05) is 30.3 Å². The molecular weight excluding hydrogens is 324 g/mol. The molecule has 0 bridgehead atoms. The highest BCUT2D eigenvalue weighted by molar-refractivity contribution is 5.97. The Balaban J connectivity index is 1.86.